The van der Waals surface area contributed by atoms with E-state index in [1.54, 1.807) is 6.07 Å². The summed E-state index contributed by atoms with van der Waals surface area (Å²) in [6.45, 7) is 6.56. The van der Waals surface area contributed by atoms with E-state index in [4.69, 9.17) is 17.3 Å². The van der Waals surface area contributed by atoms with Gasteiger partial charge in [-0.15, -0.1) is 0 Å². The van der Waals surface area contributed by atoms with Gasteiger partial charge in [0.2, 0.25) is 0 Å². The van der Waals surface area contributed by atoms with Crippen molar-refractivity contribution in [1.82, 2.24) is 10.3 Å². The van der Waals surface area contributed by atoms with Crippen LogP contribution < -0.4 is 11.1 Å². The third-order valence-electron chi connectivity index (χ3n) is 2.10. The first kappa shape index (κ1) is 13.2. The number of aromatic nitrogens is 1. The van der Waals surface area contributed by atoms with Crippen LogP contribution in [0.5, 0.6) is 0 Å². The highest BCUT2D eigenvalue weighted by Gasteiger charge is 2.14. The first-order valence-corrected chi connectivity index (χ1v) is 5.51. The molecule has 1 atom stereocenters. The zero-order valence-electron chi connectivity index (χ0n) is 9.79. The van der Waals surface area contributed by atoms with Crippen molar-refractivity contribution >= 4 is 17.4 Å². The summed E-state index contributed by atoms with van der Waals surface area (Å²) in [6, 6.07) is 1.64. The van der Waals surface area contributed by atoms with E-state index < -0.39 is 6.10 Å². The van der Waals surface area contributed by atoms with Gasteiger partial charge in [0.15, 0.2) is 0 Å². The fraction of sp³-hybridized carbons (Fsp3) is 0.545. The van der Waals surface area contributed by atoms with Gasteiger partial charge >= 0.3 is 0 Å². The third kappa shape index (κ3) is 3.96. The van der Waals surface area contributed by atoms with E-state index in [1.807, 2.05) is 20.8 Å². The zero-order chi connectivity index (χ0) is 12.3. The average Bonchev–Trinajstić information content (AvgIpc) is 2.17. The second-order valence-corrected chi connectivity index (χ2v) is 5.19. The minimum atomic E-state index is -0.634. The lowest BCUT2D eigenvalue weighted by molar-refractivity contribution is 0.163. The van der Waals surface area contributed by atoms with Crippen LogP contribution in [0.1, 0.15) is 32.4 Å². The molecule has 1 rings (SSSR count). The molecule has 0 amide bonds. The predicted octanol–water partition coefficient (Wildman–Crippen LogP) is 1.74. The summed E-state index contributed by atoms with van der Waals surface area (Å²) < 4.78 is 0. The molecule has 0 bridgehead atoms. The summed E-state index contributed by atoms with van der Waals surface area (Å²) in [5.74, 6) is 0.279. The van der Waals surface area contributed by atoms with E-state index in [-0.39, 0.29) is 11.4 Å². The van der Waals surface area contributed by atoms with Crippen molar-refractivity contribution in [3.8, 4) is 0 Å². The summed E-state index contributed by atoms with van der Waals surface area (Å²) >= 11 is 5.83. The number of β-amino-alcohol motifs (C(OH)–C–C–N with tert-alkyl or cyclic N) is 1. The van der Waals surface area contributed by atoms with Gasteiger partial charge in [0.1, 0.15) is 5.82 Å². The van der Waals surface area contributed by atoms with Crippen molar-refractivity contribution in [2.75, 3.05) is 12.3 Å². The van der Waals surface area contributed by atoms with Crippen LogP contribution in [0, 0.1) is 0 Å². The number of anilines is 1. The molecule has 0 saturated carbocycles. The van der Waals surface area contributed by atoms with Crippen LogP contribution in [0.4, 0.5) is 5.82 Å². The number of hydrogen-bond donors (Lipinski definition) is 3. The van der Waals surface area contributed by atoms with Gasteiger partial charge in [0.25, 0.3) is 0 Å². The van der Waals surface area contributed by atoms with Gasteiger partial charge in [-0.3, -0.25) is 0 Å². The molecule has 4 N–H and O–H groups in total. The summed E-state index contributed by atoms with van der Waals surface area (Å²) in [7, 11) is 0. The van der Waals surface area contributed by atoms with Gasteiger partial charge in [0.05, 0.1) is 11.1 Å². The van der Waals surface area contributed by atoms with Crippen LogP contribution in [-0.4, -0.2) is 22.2 Å². The number of nitrogens with one attached hydrogen (secondary N) is 1. The summed E-state index contributed by atoms with van der Waals surface area (Å²) in [5, 5.41) is 13.5. The number of hydrogen-bond acceptors (Lipinski definition) is 4. The van der Waals surface area contributed by atoms with Crippen LogP contribution >= 0.6 is 11.6 Å². The quantitative estimate of drug-likeness (QED) is 0.756. The Balaban J connectivity index is 2.66. The maximum absolute atomic E-state index is 9.90. The highest BCUT2D eigenvalue weighted by molar-refractivity contribution is 6.32. The maximum atomic E-state index is 9.90. The smallest absolute Gasteiger partial charge is 0.142 e. The first-order valence-electron chi connectivity index (χ1n) is 5.13. The molecule has 0 fully saturated rings. The Morgan fingerprint density at radius 2 is 2.19 bits per heavy atom. The molecule has 1 aromatic rings. The molecule has 1 aromatic heterocycles. The number of rotatable bonds is 3. The Morgan fingerprint density at radius 1 is 1.56 bits per heavy atom. The monoisotopic (exact) mass is 243 g/mol. The summed E-state index contributed by atoms with van der Waals surface area (Å²) in [5.41, 5.74) is 6.12. The fourth-order valence-corrected chi connectivity index (χ4v) is 1.34. The van der Waals surface area contributed by atoms with Gasteiger partial charge in [-0.1, -0.05) is 11.6 Å². The van der Waals surface area contributed by atoms with E-state index in [0.717, 1.165) is 0 Å². The van der Waals surface area contributed by atoms with Crippen LogP contribution in [0.3, 0.4) is 0 Å². The lowest BCUT2D eigenvalue weighted by atomic mass is 10.1. The SMILES string of the molecule is CC(C)(C)NC[C@H](O)c1cnc(N)c(Cl)c1. The van der Waals surface area contributed by atoms with Crippen molar-refractivity contribution in [2.45, 2.75) is 32.4 Å². The van der Waals surface area contributed by atoms with E-state index in [9.17, 15) is 5.11 Å². The number of aliphatic hydroxyl groups excluding tert-OH is 1. The summed E-state index contributed by atoms with van der Waals surface area (Å²) in [6.07, 6.45) is 0.903. The van der Waals surface area contributed by atoms with Gasteiger partial charge < -0.3 is 16.2 Å². The fourth-order valence-electron chi connectivity index (χ4n) is 1.17. The standard InChI is InChI=1S/C11H18ClN3O/c1-11(2,3)15-6-9(16)7-4-8(12)10(13)14-5-7/h4-5,9,15-16H,6H2,1-3H3,(H2,13,14)/t9-/m0/s1. The topological polar surface area (TPSA) is 71.2 Å². The molecule has 16 heavy (non-hydrogen) atoms. The van der Waals surface area contributed by atoms with Crippen LogP contribution in [-0.2, 0) is 0 Å². The van der Waals surface area contributed by atoms with Gasteiger partial charge in [0, 0.05) is 23.8 Å². The van der Waals surface area contributed by atoms with Crippen LogP contribution in [0.15, 0.2) is 12.3 Å². The number of nitrogen functional groups attached to an aromatic ring is 1. The number of nitrogens with zero attached hydrogens (tertiary/aromatic N) is 1. The average molecular weight is 244 g/mol. The Bertz CT molecular complexity index is 363. The highest BCUT2D eigenvalue weighted by atomic mass is 35.5. The van der Waals surface area contributed by atoms with Crippen LogP contribution in [0.25, 0.3) is 0 Å². The number of aliphatic hydroxyl groups is 1. The maximum Gasteiger partial charge on any atom is 0.142 e. The minimum Gasteiger partial charge on any atom is -0.387 e. The number of halogens is 1. The van der Waals surface area contributed by atoms with E-state index in [1.165, 1.54) is 6.20 Å². The lowest BCUT2D eigenvalue weighted by Gasteiger charge is -2.23. The molecule has 1 heterocycles. The highest BCUT2D eigenvalue weighted by Crippen LogP contribution is 2.21. The molecule has 0 unspecified atom stereocenters. The molecule has 0 aliphatic carbocycles. The zero-order valence-corrected chi connectivity index (χ0v) is 10.5. The molecule has 0 aliphatic heterocycles. The van der Waals surface area contributed by atoms with Crippen molar-refractivity contribution in [1.29, 1.82) is 0 Å². The molecule has 0 aliphatic rings. The van der Waals surface area contributed by atoms with E-state index in [2.05, 4.69) is 10.3 Å². The summed E-state index contributed by atoms with van der Waals surface area (Å²) in [4.78, 5) is 3.90. The second kappa shape index (κ2) is 4.99. The molecule has 0 radical (unpaired) electrons. The van der Waals surface area contributed by atoms with Crippen molar-refractivity contribution in [3.63, 3.8) is 0 Å². The number of nitrogens with two attached hydrogens (primary N) is 1. The van der Waals surface area contributed by atoms with Gasteiger partial charge in [-0.05, 0) is 26.8 Å². The molecule has 0 spiro atoms. The van der Waals surface area contributed by atoms with Crippen molar-refractivity contribution < 1.29 is 5.11 Å². The molecule has 90 valence electrons. The predicted molar refractivity (Wildman–Crippen MR) is 66.4 cm³/mol. The van der Waals surface area contributed by atoms with Crippen molar-refractivity contribution in [2.24, 2.45) is 0 Å². The third-order valence-corrected chi connectivity index (χ3v) is 2.40. The molecule has 0 saturated heterocycles. The Hall–Kier alpha value is -0.840. The first-order chi connectivity index (χ1) is 7.29. The van der Waals surface area contributed by atoms with E-state index >= 15 is 0 Å². The second-order valence-electron chi connectivity index (χ2n) is 4.78. The van der Waals surface area contributed by atoms with Crippen molar-refractivity contribution in [3.05, 3.63) is 22.8 Å². The normalized spacial score (nSPS) is 13.8. The Kier molecular flexibility index (Phi) is 4.13. The Labute approximate surface area is 101 Å². The van der Waals surface area contributed by atoms with Gasteiger partial charge in [-0.2, -0.15) is 0 Å². The number of pyridine rings is 1. The molecule has 5 heteroatoms. The molecule has 0 aromatic carbocycles. The minimum absolute atomic E-state index is 0.0357. The molecular formula is C11H18ClN3O. The van der Waals surface area contributed by atoms with Gasteiger partial charge in [-0.25, -0.2) is 4.98 Å². The molecule has 4 nitrogen and oxygen atoms in total. The van der Waals surface area contributed by atoms with E-state index in [0.29, 0.717) is 17.1 Å². The Morgan fingerprint density at radius 3 is 2.69 bits per heavy atom. The lowest BCUT2D eigenvalue weighted by Crippen LogP contribution is -2.38. The largest absolute Gasteiger partial charge is 0.387 e. The van der Waals surface area contributed by atoms with Crippen LogP contribution in [0.2, 0.25) is 5.02 Å². The molecular weight excluding hydrogens is 226 g/mol.